The predicted molar refractivity (Wildman–Crippen MR) is 148 cm³/mol. The fourth-order valence-electron chi connectivity index (χ4n) is 4.33. The summed E-state index contributed by atoms with van der Waals surface area (Å²) >= 11 is 0. The van der Waals surface area contributed by atoms with E-state index in [0.29, 0.717) is 34.5 Å². The summed E-state index contributed by atoms with van der Waals surface area (Å²) < 4.78 is 4.82. The van der Waals surface area contributed by atoms with Crippen LogP contribution < -0.4 is 10.6 Å². The number of likely N-dealkylation sites (N-methyl/N-ethyl adjacent to an activating group) is 1. The summed E-state index contributed by atoms with van der Waals surface area (Å²) in [5, 5.41) is 15.4. The summed E-state index contributed by atoms with van der Waals surface area (Å²) in [7, 11) is 5.39. The monoisotopic (exact) mass is 513 g/mol. The van der Waals surface area contributed by atoms with E-state index in [1.165, 1.54) is 12.7 Å². The second kappa shape index (κ2) is 11.7. The molecule has 0 spiro atoms. The van der Waals surface area contributed by atoms with Crippen molar-refractivity contribution in [1.29, 1.82) is 0 Å². The number of nitrogens with one attached hydrogen (secondary N) is 2. The Morgan fingerprint density at radius 3 is 2.39 bits per heavy atom. The van der Waals surface area contributed by atoms with E-state index in [1.807, 2.05) is 50.5 Å². The topological polar surface area (TPSA) is 108 Å². The van der Waals surface area contributed by atoms with Gasteiger partial charge in [0.1, 0.15) is 0 Å². The molecule has 0 aromatic heterocycles. The lowest BCUT2D eigenvalue weighted by Gasteiger charge is -2.16. The van der Waals surface area contributed by atoms with Crippen molar-refractivity contribution in [3.8, 4) is 0 Å². The van der Waals surface area contributed by atoms with Crippen LogP contribution in [0, 0.1) is 0 Å². The first-order valence-electron chi connectivity index (χ1n) is 12.4. The largest absolute Gasteiger partial charge is 0.481 e. The van der Waals surface area contributed by atoms with E-state index in [-0.39, 0.29) is 12.3 Å². The number of carbonyl (C=O) groups excluding carboxylic acids is 2. The molecule has 0 radical (unpaired) electrons. The van der Waals surface area contributed by atoms with Crippen LogP contribution in [0.25, 0.3) is 11.3 Å². The van der Waals surface area contributed by atoms with Gasteiger partial charge in [-0.3, -0.25) is 9.59 Å². The summed E-state index contributed by atoms with van der Waals surface area (Å²) in [6.07, 6.45) is 1.31. The molecule has 1 aliphatic rings. The van der Waals surface area contributed by atoms with Gasteiger partial charge in [-0.2, -0.15) is 0 Å². The fourth-order valence-corrected chi connectivity index (χ4v) is 4.33. The highest BCUT2D eigenvalue weighted by Crippen LogP contribution is 2.38. The zero-order valence-electron chi connectivity index (χ0n) is 21.7. The number of carboxylic acids is 1. The number of carboxylic acid groups (broad SMARTS) is 1. The number of rotatable bonds is 10. The zero-order valence-corrected chi connectivity index (χ0v) is 21.7. The molecule has 4 rings (SSSR count). The lowest BCUT2D eigenvalue weighted by molar-refractivity contribution is -0.137. The van der Waals surface area contributed by atoms with Crippen molar-refractivity contribution >= 4 is 40.5 Å². The van der Waals surface area contributed by atoms with Crippen molar-refractivity contribution in [2.75, 3.05) is 38.4 Å². The Labute approximate surface area is 221 Å². The van der Waals surface area contributed by atoms with Crippen molar-refractivity contribution < 1.29 is 24.2 Å². The predicted octanol–water partition coefficient (Wildman–Crippen LogP) is 4.53. The summed E-state index contributed by atoms with van der Waals surface area (Å²) in [6, 6.07) is 20.6. The maximum absolute atomic E-state index is 13.3. The third-order valence-corrected chi connectivity index (χ3v) is 6.35. The van der Waals surface area contributed by atoms with Crippen molar-refractivity contribution in [3.05, 3.63) is 94.5 Å². The molecule has 0 aliphatic carbocycles. The number of fused-ring (bicyclic) bond motifs is 1. The smallest absolute Gasteiger partial charge is 0.337 e. The van der Waals surface area contributed by atoms with Gasteiger partial charge in [-0.25, -0.2) is 4.79 Å². The van der Waals surface area contributed by atoms with Crippen LogP contribution in [-0.4, -0.2) is 55.6 Å². The minimum Gasteiger partial charge on any atom is -0.481 e. The first-order valence-corrected chi connectivity index (χ1v) is 12.4. The maximum Gasteiger partial charge on any atom is 0.337 e. The van der Waals surface area contributed by atoms with Gasteiger partial charge in [-0.05, 0) is 74.0 Å². The quantitative estimate of drug-likeness (QED) is 0.270. The van der Waals surface area contributed by atoms with Crippen LogP contribution in [0.5, 0.6) is 0 Å². The van der Waals surface area contributed by atoms with Crippen LogP contribution in [0.3, 0.4) is 0 Å². The van der Waals surface area contributed by atoms with Gasteiger partial charge in [-0.1, -0.05) is 36.4 Å². The second-order valence-corrected chi connectivity index (χ2v) is 9.43. The number of aliphatic carboxylic acids is 1. The number of esters is 1. The van der Waals surface area contributed by atoms with Gasteiger partial charge in [0, 0.05) is 24.2 Å². The molecular formula is C30H31N3O5. The molecule has 38 heavy (non-hydrogen) atoms. The number of aryl methyl sites for hydroxylation is 1. The number of anilines is 2. The number of carbonyl (C=O) groups is 3. The first kappa shape index (κ1) is 26.6. The Bertz CT molecular complexity index is 1390. The Kier molecular flexibility index (Phi) is 8.23. The van der Waals surface area contributed by atoms with Gasteiger partial charge in [0.15, 0.2) is 0 Å². The van der Waals surface area contributed by atoms with Crippen LogP contribution in [0.1, 0.15) is 39.0 Å². The molecule has 0 saturated heterocycles. The molecule has 8 heteroatoms. The van der Waals surface area contributed by atoms with E-state index in [2.05, 4.69) is 27.7 Å². The highest BCUT2D eigenvalue weighted by atomic mass is 16.5. The van der Waals surface area contributed by atoms with E-state index in [0.717, 1.165) is 29.8 Å². The van der Waals surface area contributed by atoms with Crippen molar-refractivity contribution in [1.82, 2.24) is 4.90 Å². The minimum absolute atomic E-state index is 0.0107. The molecular weight excluding hydrogens is 482 g/mol. The van der Waals surface area contributed by atoms with E-state index < -0.39 is 11.9 Å². The molecule has 1 aliphatic heterocycles. The lowest BCUT2D eigenvalue weighted by atomic mass is 9.97. The number of hydrogen-bond donors (Lipinski definition) is 3. The Morgan fingerprint density at radius 1 is 0.947 bits per heavy atom. The van der Waals surface area contributed by atoms with Crippen LogP contribution in [0.4, 0.5) is 11.4 Å². The van der Waals surface area contributed by atoms with Gasteiger partial charge >= 0.3 is 11.9 Å². The third kappa shape index (κ3) is 6.27. The van der Waals surface area contributed by atoms with E-state index in [4.69, 9.17) is 9.84 Å². The molecule has 0 fully saturated rings. The molecule has 0 saturated carbocycles. The summed E-state index contributed by atoms with van der Waals surface area (Å²) in [5.74, 6) is -1.66. The van der Waals surface area contributed by atoms with Crippen LogP contribution in [0.15, 0.2) is 66.7 Å². The molecule has 196 valence electrons. The Hall–Kier alpha value is -4.43. The van der Waals surface area contributed by atoms with E-state index in [1.54, 1.807) is 18.2 Å². The molecule has 3 aromatic rings. The van der Waals surface area contributed by atoms with Gasteiger partial charge in [0.2, 0.25) is 0 Å². The summed E-state index contributed by atoms with van der Waals surface area (Å²) in [6.45, 7) is 0.940. The van der Waals surface area contributed by atoms with Crippen molar-refractivity contribution in [2.45, 2.75) is 19.3 Å². The van der Waals surface area contributed by atoms with Crippen LogP contribution in [-0.2, 0) is 27.2 Å². The van der Waals surface area contributed by atoms with Gasteiger partial charge < -0.3 is 25.4 Å². The fraction of sp³-hybridized carbons (Fsp3) is 0.233. The summed E-state index contributed by atoms with van der Waals surface area (Å²) in [4.78, 5) is 38.6. The van der Waals surface area contributed by atoms with Gasteiger partial charge in [0.25, 0.3) is 5.91 Å². The highest BCUT2D eigenvalue weighted by molar-refractivity contribution is 6.37. The standard InChI is InChI=1S/C30H31N3O5/c1-33(2)16-15-19-7-11-23(12-8-19)31-28(21-6-4-5-20(17-21)9-14-26(34)35)27-24-13-10-22(30(37)38-3)18-25(24)32-29(27)36/h4-8,10-13,17-18,31H,9,14-16H2,1-3H3,(H,32,36)(H,34,35)/b28-27-. The van der Waals surface area contributed by atoms with Crippen molar-refractivity contribution in [2.24, 2.45) is 0 Å². The second-order valence-electron chi connectivity index (χ2n) is 9.43. The van der Waals surface area contributed by atoms with E-state index >= 15 is 0 Å². The number of benzene rings is 3. The van der Waals surface area contributed by atoms with E-state index in [9.17, 15) is 14.4 Å². The molecule has 8 nitrogen and oxygen atoms in total. The minimum atomic E-state index is -0.869. The molecule has 0 bridgehead atoms. The molecule has 0 atom stereocenters. The van der Waals surface area contributed by atoms with Gasteiger partial charge in [0.05, 0.1) is 29.6 Å². The molecule has 1 heterocycles. The van der Waals surface area contributed by atoms with Crippen LogP contribution in [0.2, 0.25) is 0 Å². The first-order chi connectivity index (χ1) is 18.2. The van der Waals surface area contributed by atoms with Gasteiger partial charge in [-0.15, -0.1) is 0 Å². The average Bonchev–Trinajstić information content (AvgIpc) is 3.24. The zero-order chi connectivity index (χ0) is 27.2. The number of hydrogen-bond acceptors (Lipinski definition) is 6. The van der Waals surface area contributed by atoms with Crippen molar-refractivity contribution in [3.63, 3.8) is 0 Å². The maximum atomic E-state index is 13.3. The number of methoxy groups -OCH3 is 1. The molecule has 1 amide bonds. The summed E-state index contributed by atoms with van der Waals surface area (Å²) in [5.41, 5.74) is 6.15. The van der Waals surface area contributed by atoms with Crippen LogP contribution >= 0.6 is 0 Å². The molecule has 0 unspecified atom stereocenters. The SMILES string of the molecule is COC(=O)c1ccc2c(c1)NC(=O)/C2=C(\Nc1ccc(CCN(C)C)cc1)c1cccc(CCC(=O)O)c1. The number of nitrogens with zero attached hydrogens (tertiary/aromatic N) is 1. The molecule has 3 N–H and O–H groups in total. The number of amides is 1. The number of ether oxygens (including phenoxy) is 1. The third-order valence-electron chi connectivity index (χ3n) is 6.35. The average molecular weight is 514 g/mol. The highest BCUT2D eigenvalue weighted by Gasteiger charge is 2.29. The normalized spacial score (nSPS) is 13.6. The Morgan fingerprint density at radius 2 is 1.71 bits per heavy atom. The lowest BCUT2D eigenvalue weighted by Crippen LogP contribution is -2.15. The Balaban J connectivity index is 1.77. The molecule has 3 aromatic carbocycles.